The molecule has 3 rings (SSSR count). The zero-order chi connectivity index (χ0) is 13.5. The molecule has 104 valence electrons. The summed E-state index contributed by atoms with van der Waals surface area (Å²) in [6, 6.07) is 0.308. The van der Waals surface area contributed by atoms with Gasteiger partial charge in [-0.05, 0) is 6.42 Å². The highest BCUT2D eigenvalue weighted by Gasteiger charge is 2.43. The van der Waals surface area contributed by atoms with Crippen LogP contribution in [0.2, 0.25) is 0 Å². The van der Waals surface area contributed by atoms with Crippen molar-refractivity contribution in [3.8, 4) is 0 Å². The van der Waals surface area contributed by atoms with Crippen molar-refractivity contribution in [1.82, 2.24) is 25.2 Å². The van der Waals surface area contributed by atoms with E-state index in [1.165, 1.54) is 0 Å². The Balaban J connectivity index is 1.60. The predicted octanol–water partition coefficient (Wildman–Crippen LogP) is -0.591. The molecule has 0 unspecified atom stereocenters. The molecule has 2 fully saturated rings. The van der Waals surface area contributed by atoms with Gasteiger partial charge in [-0.15, -0.1) is 5.10 Å². The van der Waals surface area contributed by atoms with Crippen LogP contribution in [0.5, 0.6) is 0 Å². The molecule has 0 aromatic carbocycles. The molecule has 1 aromatic rings. The van der Waals surface area contributed by atoms with Gasteiger partial charge in [0.1, 0.15) is 0 Å². The number of nitrogens with zero attached hydrogens (tertiary/aromatic N) is 4. The molecule has 0 radical (unpaired) electrons. The zero-order valence-corrected chi connectivity index (χ0v) is 11.0. The van der Waals surface area contributed by atoms with E-state index in [-0.39, 0.29) is 5.91 Å². The fraction of sp³-hybridized carbons (Fsp3) is 0.750. The number of carbonyl (C=O) groups excluding carboxylic acids is 1. The Labute approximate surface area is 111 Å². The topological polar surface area (TPSA) is 83.3 Å². The van der Waals surface area contributed by atoms with Gasteiger partial charge < -0.3 is 15.3 Å². The normalized spacial score (nSPS) is 21.9. The number of aromatic nitrogens is 3. The minimum absolute atomic E-state index is 0.140. The monoisotopic (exact) mass is 265 g/mol. The minimum Gasteiger partial charge on any atom is -0.386 e. The molecule has 3 heterocycles. The van der Waals surface area contributed by atoms with Crippen LogP contribution < -0.4 is 5.32 Å². The summed E-state index contributed by atoms with van der Waals surface area (Å²) in [6.45, 7) is 4.57. The lowest BCUT2D eigenvalue weighted by atomic mass is 9.89. The van der Waals surface area contributed by atoms with Crippen LogP contribution in [0.1, 0.15) is 36.3 Å². The molecule has 2 saturated heterocycles. The number of likely N-dealkylation sites (tertiary alicyclic amines) is 1. The summed E-state index contributed by atoms with van der Waals surface area (Å²) < 4.78 is 1.74. The summed E-state index contributed by atoms with van der Waals surface area (Å²) in [5.41, 5.74) is -0.330. The van der Waals surface area contributed by atoms with Gasteiger partial charge in [-0.3, -0.25) is 4.79 Å². The second kappa shape index (κ2) is 4.57. The molecule has 2 aliphatic heterocycles. The van der Waals surface area contributed by atoms with E-state index >= 15 is 0 Å². The number of carbonyl (C=O) groups is 1. The van der Waals surface area contributed by atoms with E-state index in [0.29, 0.717) is 24.8 Å². The molecule has 0 saturated carbocycles. The van der Waals surface area contributed by atoms with Gasteiger partial charge in [0.2, 0.25) is 0 Å². The Hall–Kier alpha value is -1.47. The highest BCUT2D eigenvalue weighted by Crippen LogP contribution is 2.26. The Morgan fingerprint density at radius 2 is 2.32 bits per heavy atom. The maximum atomic E-state index is 12.1. The summed E-state index contributed by atoms with van der Waals surface area (Å²) in [6.07, 6.45) is 3.35. The molecule has 1 aromatic heterocycles. The van der Waals surface area contributed by atoms with Crippen molar-refractivity contribution >= 4 is 5.91 Å². The third-order valence-corrected chi connectivity index (χ3v) is 3.84. The number of rotatable bonds is 4. The molecule has 7 heteroatoms. The Morgan fingerprint density at radius 1 is 1.58 bits per heavy atom. The largest absolute Gasteiger partial charge is 0.386 e. The first-order valence-corrected chi connectivity index (χ1v) is 6.75. The molecule has 2 N–H and O–H groups in total. The number of nitrogens with one attached hydrogen (secondary N) is 1. The minimum atomic E-state index is -0.696. The first kappa shape index (κ1) is 12.6. The van der Waals surface area contributed by atoms with Crippen molar-refractivity contribution in [1.29, 1.82) is 0 Å². The molecular formula is C12H19N5O2. The summed E-state index contributed by atoms with van der Waals surface area (Å²) in [4.78, 5) is 13.8. The van der Waals surface area contributed by atoms with E-state index in [0.717, 1.165) is 25.9 Å². The van der Waals surface area contributed by atoms with Crippen LogP contribution >= 0.6 is 0 Å². The second-order valence-corrected chi connectivity index (χ2v) is 5.53. The molecule has 19 heavy (non-hydrogen) atoms. The summed E-state index contributed by atoms with van der Waals surface area (Å²) >= 11 is 0. The van der Waals surface area contributed by atoms with Crippen molar-refractivity contribution in [2.24, 2.45) is 0 Å². The Kier molecular flexibility index (Phi) is 3.02. The van der Waals surface area contributed by atoms with Crippen LogP contribution in [-0.2, 0) is 0 Å². The summed E-state index contributed by atoms with van der Waals surface area (Å²) in [5.74, 6) is -0.140. The third kappa shape index (κ3) is 2.23. The van der Waals surface area contributed by atoms with E-state index in [4.69, 9.17) is 0 Å². The molecule has 7 nitrogen and oxygen atoms in total. The quantitative estimate of drug-likeness (QED) is 0.760. The molecule has 0 atom stereocenters. The van der Waals surface area contributed by atoms with Crippen molar-refractivity contribution in [3.05, 3.63) is 11.9 Å². The van der Waals surface area contributed by atoms with Crippen molar-refractivity contribution in [3.63, 3.8) is 0 Å². The van der Waals surface area contributed by atoms with Crippen LogP contribution in [0.4, 0.5) is 0 Å². The summed E-state index contributed by atoms with van der Waals surface area (Å²) in [7, 11) is 0. The number of hydrogen-bond acceptors (Lipinski definition) is 5. The lowest BCUT2D eigenvalue weighted by Gasteiger charge is -2.46. The molecule has 2 aliphatic rings. The SMILES string of the molecule is CCCC1(O)CN(C(=O)c2cn(C3CNC3)nn2)C1. The van der Waals surface area contributed by atoms with E-state index in [2.05, 4.69) is 15.6 Å². The van der Waals surface area contributed by atoms with Gasteiger partial charge in [-0.1, -0.05) is 18.6 Å². The lowest BCUT2D eigenvalue weighted by molar-refractivity contribution is -0.0861. The van der Waals surface area contributed by atoms with Crippen LogP contribution in [0.15, 0.2) is 6.20 Å². The van der Waals surface area contributed by atoms with Gasteiger partial charge in [0.25, 0.3) is 5.91 Å². The van der Waals surface area contributed by atoms with Crippen LogP contribution in [-0.4, -0.2) is 62.7 Å². The van der Waals surface area contributed by atoms with Crippen molar-refractivity contribution < 1.29 is 9.90 Å². The number of β-amino-alcohol motifs (C(OH)–C–C–N with tert-alkyl or cyclic N) is 1. The Morgan fingerprint density at radius 3 is 2.89 bits per heavy atom. The van der Waals surface area contributed by atoms with Crippen molar-refractivity contribution in [2.75, 3.05) is 26.2 Å². The first-order chi connectivity index (χ1) is 9.11. The van der Waals surface area contributed by atoms with Crippen LogP contribution in [0.25, 0.3) is 0 Å². The molecule has 0 spiro atoms. The third-order valence-electron chi connectivity index (χ3n) is 3.84. The van der Waals surface area contributed by atoms with E-state index in [9.17, 15) is 9.90 Å². The van der Waals surface area contributed by atoms with Gasteiger partial charge in [0.15, 0.2) is 5.69 Å². The highest BCUT2D eigenvalue weighted by atomic mass is 16.3. The standard InChI is InChI=1S/C12H19N5O2/c1-2-3-12(19)7-16(8-12)11(18)10-6-17(15-14-10)9-4-13-5-9/h6,9,13,19H,2-5,7-8H2,1H3. The fourth-order valence-corrected chi connectivity index (χ4v) is 2.61. The van der Waals surface area contributed by atoms with E-state index in [1.54, 1.807) is 15.8 Å². The van der Waals surface area contributed by atoms with Gasteiger partial charge >= 0.3 is 0 Å². The lowest BCUT2D eigenvalue weighted by Crippen LogP contribution is -2.63. The molecular weight excluding hydrogens is 246 g/mol. The summed E-state index contributed by atoms with van der Waals surface area (Å²) in [5, 5.41) is 21.1. The maximum absolute atomic E-state index is 12.1. The van der Waals surface area contributed by atoms with Crippen LogP contribution in [0, 0.1) is 0 Å². The first-order valence-electron chi connectivity index (χ1n) is 6.75. The van der Waals surface area contributed by atoms with Crippen LogP contribution in [0.3, 0.4) is 0 Å². The Bertz CT molecular complexity index is 476. The number of amides is 1. The smallest absolute Gasteiger partial charge is 0.276 e. The fourth-order valence-electron chi connectivity index (χ4n) is 2.61. The van der Waals surface area contributed by atoms with E-state index < -0.39 is 5.60 Å². The average Bonchev–Trinajstić information content (AvgIpc) is 2.72. The second-order valence-electron chi connectivity index (χ2n) is 5.53. The number of aliphatic hydroxyl groups is 1. The molecule has 0 bridgehead atoms. The van der Waals surface area contributed by atoms with Gasteiger partial charge in [0.05, 0.1) is 30.9 Å². The predicted molar refractivity (Wildman–Crippen MR) is 67.7 cm³/mol. The van der Waals surface area contributed by atoms with E-state index in [1.807, 2.05) is 6.92 Å². The average molecular weight is 265 g/mol. The molecule has 0 aliphatic carbocycles. The maximum Gasteiger partial charge on any atom is 0.276 e. The highest BCUT2D eigenvalue weighted by molar-refractivity contribution is 5.92. The van der Waals surface area contributed by atoms with Gasteiger partial charge in [0, 0.05) is 13.1 Å². The number of hydrogen-bond donors (Lipinski definition) is 2. The zero-order valence-electron chi connectivity index (χ0n) is 11.0. The van der Waals surface area contributed by atoms with Gasteiger partial charge in [-0.2, -0.15) is 0 Å². The van der Waals surface area contributed by atoms with Crippen molar-refractivity contribution in [2.45, 2.75) is 31.4 Å². The van der Waals surface area contributed by atoms with Gasteiger partial charge in [-0.25, -0.2) is 4.68 Å². The molecule has 1 amide bonds.